The van der Waals surface area contributed by atoms with Crippen LogP contribution < -0.4 is 14.8 Å². The van der Waals surface area contributed by atoms with E-state index in [2.05, 4.69) is 15.4 Å². The fourth-order valence-corrected chi connectivity index (χ4v) is 2.24. The summed E-state index contributed by atoms with van der Waals surface area (Å²) >= 11 is 0. The van der Waals surface area contributed by atoms with E-state index in [0.29, 0.717) is 28.6 Å². The van der Waals surface area contributed by atoms with Gasteiger partial charge in [-0.2, -0.15) is 5.10 Å². The van der Waals surface area contributed by atoms with Crippen LogP contribution in [0.3, 0.4) is 0 Å². The first-order valence-corrected chi connectivity index (χ1v) is 7.21. The average Bonchev–Trinajstić information content (AvgIpc) is 3.16. The number of benzene rings is 1. The number of amides is 1. The van der Waals surface area contributed by atoms with Gasteiger partial charge in [-0.15, -0.1) is 0 Å². The number of carbonyl (C=O) groups excluding carboxylic acids is 1. The van der Waals surface area contributed by atoms with Gasteiger partial charge in [0.2, 0.25) is 0 Å². The molecule has 0 unspecified atom stereocenters. The van der Waals surface area contributed by atoms with Gasteiger partial charge in [-0.25, -0.2) is 9.67 Å². The third kappa shape index (κ3) is 3.05. The molecule has 0 saturated carbocycles. The molecule has 0 aliphatic carbocycles. The summed E-state index contributed by atoms with van der Waals surface area (Å²) in [6, 6.07) is 10.3. The molecule has 2 aromatic heterocycles. The van der Waals surface area contributed by atoms with Crippen molar-refractivity contribution in [3.8, 4) is 17.3 Å². The second kappa shape index (κ2) is 6.82. The largest absolute Gasteiger partial charge is 0.493 e. The fraction of sp³-hybridized carbons (Fsp3) is 0.118. The first-order chi connectivity index (χ1) is 11.7. The number of rotatable bonds is 5. The summed E-state index contributed by atoms with van der Waals surface area (Å²) in [6.07, 6.45) is 5.05. The van der Waals surface area contributed by atoms with Gasteiger partial charge in [0.1, 0.15) is 0 Å². The van der Waals surface area contributed by atoms with E-state index in [1.807, 2.05) is 0 Å². The molecule has 122 valence electrons. The normalized spacial score (nSPS) is 10.2. The molecule has 0 atom stereocenters. The second-order valence-corrected chi connectivity index (χ2v) is 4.85. The van der Waals surface area contributed by atoms with E-state index in [-0.39, 0.29) is 5.91 Å². The van der Waals surface area contributed by atoms with Crippen molar-refractivity contribution in [1.82, 2.24) is 14.8 Å². The fourth-order valence-electron chi connectivity index (χ4n) is 2.24. The minimum Gasteiger partial charge on any atom is -0.493 e. The maximum absolute atomic E-state index is 12.5. The number of anilines is 1. The quantitative estimate of drug-likeness (QED) is 0.780. The van der Waals surface area contributed by atoms with Crippen molar-refractivity contribution in [2.45, 2.75) is 0 Å². The number of hydrogen-bond acceptors (Lipinski definition) is 5. The van der Waals surface area contributed by atoms with Crippen molar-refractivity contribution < 1.29 is 14.3 Å². The number of carbonyl (C=O) groups is 1. The SMILES string of the molecule is COc1ccc(C(=O)Nc2cccnc2-n2cccn2)cc1OC. The Morgan fingerprint density at radius 1 is 1.08 bits per heavy atom. The zero-order valence-electron chi connectivity index (χ0n) is 13.3. The van der Waals surface area contributed by atoms with Crippen LogP contribution in [0.1, 0.15) is 10.4 Å². The highest BCUT2D eigenvalue weighted by Crippen LogP contribution is 2.28. The zero-order chi connectivity index (χ0) is 16.9. The molecule has 0 radical (unpaired) electrons. The van der Waals surface area contributed by atoms with Gasteiger partial charge in [0.05, 0.1) is 19.9 Å². The molecule has 0 aliphatic rings. The number of pyridine rings is 1. The first kappa shape index (κ1) is 15.5. The molecule has 7 nitrogen and oxygen atoms in total. The van der Waals surface area contributed by atoms with Crippen LogP contribution in [0.5, 0.6) is 11.5 Å². The number of ether oxygens (including phenoxy) is 2. The molecule has 3 rings (SSSR count). The highest BCUT2D eigenvalue weighted by Gasteiger charge is 2.14. The Bertz CT molecular complexity index is 847. The molecule has 7 heteroatoms. The Labute approximate surface area is 138 Å². The monoisotopic (exact) mass is 324 g/mol. The predicted molar refractivity (Wildman–Crippen MR) is 88.9 cm³/mol. The molecule has 0 bridgehead atoms. The van der Waals surface area contributed by atoms with E-state index < -0.39 is 0 Å². The Hall–Kier alpha value is -3.35. The van der Waals surface area contributed by atoms with Crippen molar-refractivity contribution in [1.29, 1.82) is 0 Å². The van der Waals surface area contributed by atoms with Crippen molar-refractivity contribution >= 4 is 11.6 Å². The second-order valence-electron chi connectivity index (χ2n) is 4.85. The van der Waals surface area contributed by atoms with Gasteiger partial charge in [-0.3, -0.25) is 4.79 Å². The lowest BCUT2D eigenvalue weighted by Crippen LogP contribution is -2.15. The van der Waals surface area contributed by atoms with E-state index >= 15 is 0 Å². The number of hydrogen-bond donors (Lipinski definition) is 1. The smallest absolute Gasteiger partial charge is 0.255 e. The Morgan fingerprint density at radius 2 is 1.92 bits per heavy atom. The minimum absolute atomic E-state index is 0.280. The molecule has 0 fully saturated rings. The van der Waals surface area contributed by atoms with Gasteiger partial charge in [-0.05, 0) is 36.4 Å². The van der Waals surface area contributed by atoms with E-state index in [9.17, 15) is 4.79 Å². The maximum atomic E-state index is 12.5. The maximum Gasteiger partial charge on any atom is 0.255 e. The molecule has 1 N–H and O–H groups in total. The zero-order valence-corrected chi connectivity index (χ0v) is 13.3. The molecule has 0 saturated heterocycles. The van der Waals surface area contributed by atoms with Crippen LogP contribution >= 0.6 is 0 Å². The predicted octanol–water partition coefficient (Wildman–Crippen LogP) is 2.54. The summed E-state index contributed by atoms with van der Waals surface area (Å²) in [5, 5.41) is 6.99. The summed E-state index contributed by atoms with van der Waals surface area (Å²) < 4.78 is 12.0. The topological polar surface area (TPSA) is 78.3 Å². The molecule has 24 heavy (non-hydrogen) atoms. The average molecular weight is 324 g/mol. The third-order valence-electron chi connectivity index (χ3n) is 3.40. The van der Waals surface area contributed by atoms with Gasteiger partial charge >= 0.3 is 0 Å². The van der Waals surface area contributed by atoms with E-state index in [0.717, 1.165) is 0 Å². The molecule has 1 amide bonds. The third-order valence-corrected chi connectivity index (χ3v) is 3.40. The van der Waals surface area contributed by atoms with Crippen LogP contribution in [0.4, 0.5) is 5.69 Å². The standard InChI is InChI=1S/C17H16N4O3/c1-23-14-7-6-12(11-15(14)24-2)17(22)20-13-5-3-8-18-16(13)21-10-4-9-19-21/h3-11H,1-2H3,(H,20,22). The molecule has 1 aromatic carbocycles. The van der Waals surface area contributed by atoms with Crippen LogP contribution in [-0.4, -0.2) is 34.9 Å². The molecule has 3 aromatic rings. The van der Waals surface area contributed by atoms with Crippen LogP contribution in [0, 0.1) is 0 Å². The summed E-state index contributed by atoms with van der Waals surface area (Å²) in [5.41, 5.74) is 1.00. The highest BCUT2D eigenvalue weighted by molar-refractivity contribution is 6.05. The summed E-state index contributed by atoms with van der Waals surface area (Å²) in [6.45, 7) is 0. The number of methoxy groups -OCH3 is 2. The lowest BCUT2D eigenvalue weighted by molar-refractivity contribution is 0.102. The van der Waals surface area contributed by atoms with Crippen LogP contribution in [0.25, 0.3) is 5.82 Å². The van der Waals surface area contributed by atoms with Crippen molar-refractivity contribution in [2.24, 2.45) is 0 Å². The van der Waals surface area contributed by atoms with Crippen LogP contribution in [0.2, 0.25) is 0 Å². The van der Waals surface area contributed by atoms with Crippen molar-refractivity contribution in [2.75, 3.05) is 19.5 Å². The lowest BCUT2D eigenvalue weighted by atomic mass is 10.2. The van der Waals surface area contributed by atoms with Gasteiger partial charge in [0.25, 0.3) is 5.91 Å². The molecular formula is C17H16N4O3. The lowest BCUT2D eigenvalue weighted by Gasteiger charge is -2.12. The number of nitrogens with one attached hydrogen (secondary N) is 1. The van der Waals surface area contributed by atoms with Crippen molar-refractivity contribution in [3.63, 3.8) is 0 Å². The van der Waals surface area contributed by atoms with E-state index in [1.54, 1.807) is 66.8 Å². The van der Waals surface area contributed by atoms with E-state index in [4.69, 9.17) is 9.47 Å². The van der Waals surface area contributed by atoms with Gasteiger partial charge < -0.3 is 14.8 Å². The molecule has 0 spiro atoms. The van der Waals surface area contributed by atoms with Gasteiger partial charge in [0, 0.05) is 24.2 Å². The first-order valence-electron chi connectivity index (χ1n) is 7.21. The summed E-state index contributed by atoms with van der Waals surface area (Å²) in [5.74, 6) is 1.31. The molecule has 0 aliphatic heterocycles. The highest BCUT2D eigenvalue weighted by atomic mass is 16.5. The minimum atomic E-state index is -0.280. The van der Waals surface area contributed by atoms with Crippen LogP contribution in [0.15, 0.2) is 55.0 Å². The Balaban J connectivity index is 1.88. The number of nitrogens with zero attached hydrogens (tertiary/aromatic N) is 3. The molecular weight excluding hydrogens is 308 g/mol. The number of aromatic nitrogens is 3. The van der Waals surface area contributed by atoms with E-state index in [1.165, 1.54) is 7.11 Å². The Morgan fingerprint density at radius 3 is 2.62 bits per heavy atom. The van der Waals surface area contributed by atoms with Gasteiger partial charge in [-0.1, -0.05) is 0 Å². The summed E-state index contributed by atoms with van der Waals surface area (Å²) in [7, 11) is 3.07. The summed E-state index contributed by atoms with van der Waals surface area (Å²) in [4.78, 5) is 16.8. The van der Waals surface area contributed by atoms with Gasteiger partial charge in [0.15, 0.2) is 17.3 Å². The molecule has 2 heterocycles. The van der Waals surface area contributed by atoms with Crippen molar-refractivity contribution in [3.05, 3.63) is 60.6 Å². The Kier molecular flexibility index (Phi) is 4.42. The van der Waals surface area contributed by atoms with Crippen LogP contribution in [-0.2, 0) is 0 Å².